The lowest BCUT2D eigenvalue weighted by molar-refractivity contribution is -0.134. The minimum absolute atomic E-state index is 0.237. The van der Waals surface area contributed by atoms with Crippen molar-refractivity contribution in [1.29, 1.82) is 0 Å². The normalized spacial score (nSPS) is 9.73. The molecule has 0 spiro atoms. The maximum Gasteiger partial charge on any atom is 0.311 e. The van der Waals surface area contributed by atoms with E-state index >= 15 is 0 Å². The van der Waals surface area contributed by atoms with E-state index in [0.717, 1.165) is 18.3 Å². The van der Waals surface area contributed by atoms with Crippen LogP contribution >= 0.6 is 0 Å². The van der Waals surface area contributed by atoms with Gasteiger partial charge < -0.3 is 4.74 Å². The second kappa shape index (κ2) is 5.29. The second-order valence-electron chi connectivity index (χ2n) is 3.37. The molecule has 15 heavy (non-hydrogen) atoms. The van der Waals surface area contributed by atoms with Gasteiger partial charge in [0.1, 0.15) is 12.0 Å². The lowest BCUT2D eigenvalue weighted by Gasteiger charge is -2.06. The van der Waals surface area contributed by atoms with E-state index in [0.29, 0.717) is 17.7 Å². The van der Waals surface area contributed by atoms with E-state index in [-0.39, 0.29) is 5.97 Å². The van der Waals surface area contributed by atoms with Gasteiger partial charge >= 0.3 is 5.97 Å². The van der Waals surface area contributed by atoms with Gasteiger partial charge in [-0.25, -0.2) is 0 Å². The fourth-order valence-corrected chi connectivity index (χ4v) is 1.24. The molecule has 0 N–H and O–H groups in total. The van der Waals surface area contributed by atoms with Crippen LogP contribution in [0.15, 0.2) is 18.2 Å². The zero-order valence-corrected chi connectivity index (χ0v) is 8.95. The summed E-state index contributed by atoms with van der Waals surface area (Å²) >= 11 is 0. The predicted octanol–water partition coefficient (Wildman–Crippen LogP) is 2.51. The van der Waals surface area contributed by atoms with Gasteiger partial charge in [-0.3, -0.25) is 9.59 Å². The van der Waals surface area contributed by atoms with Gasteiger partial charge in [0.05, 0.1) is 0 Å². The molecule has 0 atom stereocenters. The van der Waals surface area contributed by atoms with E-state index in [1.54, 1.807) is 18.2 Å². The van der Waals surface area contributed by atoms with E-state index in [1.165, 1.54) is 0 Å². The third-order valence-electron chi connectivity index (χ3n) is 2.01. The minimum Gasteiger partial charge on any atom is -0.426 e. The Labute approximate surface area is 89.1 Å². The molecule has 0 aliphatic carbocycles. The molecular formula is C12H14O3. The highest BCUT2D eigenvalue weighted by Crippen LogP contribution is 2.19. The fraction of sp³-hybridized carbons (Fsp3) is 0.333. The summed E-state index contributed by atoms with van der Waals surface area (Å²) in [5.41, 5.74) is 1.38. The maximum absolute atomic E-state index is 11.2. The first kappa shape index (κ1) is 11.4. The lowest BCUT2D eigenvalue weighted by Crippen LogP contribution is -2.07. The van der Waals surface area contributed by atoms with Crippen LogP contribution in [0.2, 0.25) is 0 Å². The van der Waals surface area contributed by atoms with Crippen molar-refractivity contribution < 1.29 is 14.3 Å². The summed E-state index contributed by atoms with van der Waals surface area (Å²) in [7, 11) is 0. The van der Waals surface area contributed by atoms with Crippen molar-refractivity contribution in [2.24, 2.45) is 0 Å². The van der Waals surface area contributed by atoms with Crippen molar-refractivity contribution in [3.05, 3.63) is 29.3 Å². The summed E-state index contributed by atoms with van der Waals surface area (Å²) < 4.78 is 5.13. The molecule has 0 amide bonds. The Bertz CT molecular complexity index is 369. The molecule has 0 aliphatic heterocycles. The SMILES string of the molecule is CCCC(=O)Oc1ccc(C=O)cc1C. The molecule has 3 heteroatoms. The van der Waals surface area contributed by atoms with E-state index < -0.39 is 0 Å². The highest BCUT2D eigenvalue weighted by molar-refractivity contribution is 5.77. The predicted molar refractivity (Wildman–Crippen MR) is 57.1 cm³/mol. The second-order valence-corrected chi connectivity index (χ2v) is 3.37. The Kier molecular flexibility index (Phi) is 4.03. The highest BCUT2D eigenvalue weighted by Gasteiger charge is 2.06. The van der Waals surface area contributed by atoms with Crippen molar-refractivity contribution in [1.82, 2.24) is 0 Å². The summed E-state index contributed by atoms with van der Waals surface area (Å²) in [6, 6.07) is 4.97. The largest absolute Gasteiger partial charge is 0.426 e. The van der Waals surface area contributed by atoms with Crippen molar-refractivity contribution in [2.45, 2.75) is 26.7 Å². The molecule has 0 heterocycles. The molecule has 80 valence electrons. The highest BCUT2D eigenvalue weighted by atomic mass is 16.5. The van der Waals surface area contributed by atoms with Gasteiger partial charge in [-0.05, 0) is 37.1 Å². The quantitative estimate of drug-likeness (QED) is 0.432. The maximum atomic E-state index is 11.2. The van der Waals surface area contributed by atoms with Crippen LogP contribution in [0.3, 0.4) is 0 Å². The number of carbonyl (C=O) groups is 2. The molecular weight excluding hydrogens is 192 g/mol. The molecule has 0 aromatic heterocycles. The van der Waals surface area contributed by atoms with E-state index in [4.69, 9.17) is 4.74 Å². The molecule has 0 unspecified atom stereocenters. The molecule has 1 aromatic carbocycles. The standard InChI is InChI=1S/C12H14O3/c1-3-4-12(14)15-11-6-5-10(8-13)7-9(11)2/h5-8H,3-4H2,1-2H3. The molecule has 0 bridgehead atoms. The summed E-state index contributed by atoms with van der Waals surface area (Å²) in [4.78, 5) is 21.7. The smallest absolute Gasteiger partial charge is 0.311 e. The molecule has 1 aromatic rings. The number of carbonyl (C=O) groups excluding carboxylic acids is 2. The van der Waals surface area contributed by atoms with Crippen molar-refractivity contribution >= 4 is 12.3 Å². The number of aldehydes is 1. The first-order chi connectivity index (χ1) is 7.17. The first-order valence-electron chi connectivity index (χ1n) is 4.94. The minimum atomic E-state index is -0.237. The molecule has 0 aliphatic rings. The summed E-state index contributed by atoms with van der Waals surface area (Å²) in [5.74, 6) is 0.290. The molecule has 0 fully saturated rings. The summed E-state index contributed by atoms with van der Waals surface area (Å²) in [6.45, 7) is 3.73. The van der Waals surface area contributed by atoms with Crippen molar-refractivity contribution in [3.63, 3.8) is 0 Å². The Morgan fingerprint density at radius 2 is 2.20 bits per heavy atom. The number of benzene rings is 1. The summed E-state index contributed by atoms with van der Waals surface area (Å²) in [6.07, 6.45) is 1.95. The van der Waals surface area contributed by atoms with Gasteiger partial charge in [0.2, 0.25) is 0 Å². The molecule has 1 rings (SSSR count). The topological polar surface area (TPSA) is 43.4 Å². The number of esters is 1. The van der Waals surface area contributed by atoms with Crippen LogP contribution in [0.4, 0.5) is 0 Å². The van der Waals surface area contributed by atoms with Gasteiger partial charge in [0.25, 0.3) is 0 Å². The number of ether oxygens (including phenoxy) is 1. The third-order valence-corrected chi connectivity index (χ3v) is 2.01. The fourth-order valence-electron chi connectivity index (χ4n) is 1.24. The van der Waals surface area contributed by atoms with E-state index in [2.05, 4.69) is 0 Å². The van der Waals surface area contributed by atoms with Crippen LogP contribution in [-0.4, -0.2) is 12.3 Å². The average Bonchev–Trinajstić information content (AvgIpc) is 2.21. The number of aryl methyl sites for hydroxylation is 1. The van der Waals surface area contributed by atoms with Crippen LogP contribution < -0.4 is 4.74 Å². The van der Waals surface area contributed by atoms with Crippen LogP contribution in [0, 0.1) is 6.92 Å². The Morgan fingerprint density at radius 1 is 1.47 bits per heavy atom. The monoisotopic (exact) mass is 206 g/mol. The number of hydrogen-bond donors (Lipinski definition) is 0. The Hall–Kier alpha value is -1.64. The first-order valence-corrected chi connectivity index (χ1v) is 4.94. The lowest BCUT2D eigenvalue weighted by atomic mass is 10.1. The van der Waals surface area contributed by atoms with Crippen LogP contribution in [-0.2, 0) is 4.79 Å². The van der Waals surface area contributed by atoms with E-state index in [1.807, 2.05) is 13.8 Å². The Balaban J connectivity index is 2.78. The number of rotatable bonds is 4. The molecule has 0 saturated heterocycles. The van der Waals surface area contributed by atoms with Gasteiger partial charge in [-0.2, -0.15) is 0 Å². The third kappa shape index (κ3) is 3.20. The van der Waals surface area contributed by atoms with Gasteiger partial charge in [0, 0.05) is 12.0 Å². The summed E-state index contributed by atoms with van der Waals surface area (Å²) in [5, 5.41) is 0. The average molecular weight is 206 g/mol. The van der Waals surface area contributed by atoms with E-state index in [9.17, 15) is 9.59 Å². The van der Waals surface area contributed by atoms with Gasteiger partial charge in [-0.1, -0.05) is 6.92 Å². The van der Waals surface area contributed by atoms with Gasteiger partial charge in [0.15, 0.2) is 0 Å². The van der Waals surface area contributed by atoms with Crippen LogP contribution in [0.25, 0.3) is 0 Å². The Morgan fingerprint density at radius 3 is 2.73 bits per heavy atom. The number of hydrogen-bond acceptors (Lipinski definition) is 3. The van der Waals surface area contributed by atoms with Crippen LogP contribution in [0.1, 0.15) is 35.7 Å². The zero-order valence-electron chi connectivity index (χ0n) is 8.95. The van der Waals surface area contributed by atoms with Crippen molar-refractivity contribution in [2.75, 3.05) is 0 Å². The van der Waals surface area contributed by atoms with Crippen molar-refractivity contribution in [3.8, 4) is 5.75 Å². The molecule has 0 radical (unpaired) electrons. The van der Waals surface area contributed by atoms with Gasteiger partial charge in [-0.15, -0.1) is 0 Å². The molecule has 0 saturated carbocycles. The zero-order chi connectivity index (χ0) is 11.3. The molecule has 3 nitrogen and oxygen atoms in total. The van der Waals surface area contributed by atoms with Crippen LogP contribution in [0.5, 0.6) is 5.75 Å².